The molecule has 0 radical (unpaired) electrons. The van der Waals surface area contributed by atoms with Crippen molar-refractivity contribution in [3.63, 3.8) is 0 Å². The van der Waals surface area contributed by atoms with Crippen molar-refractivity contribution in [3.05, 3.63) is 30.1 Å². The number of likely N-dealkylation sites (tertiary alicyclic amines) is 1. The number of nitrogens with one attached hydrogen (secondary N) is 1. The minimum Gasteiger partial charge on any atom is -0.369 e. The predicted molar refractivity (Wildman–Crippen MR) is 98.1 cm³/mol. The number of carbonyl (C=O) groups excluding carboxylic acids is 2. The second kappa shape index (κ2) is 8.49. The van der Waals surface area contributed by atoms with Crippen molar-refractivity contribution in [2.24, 2.45) is 17.6 Å². The van der Waals surface area contributed by atoms with E-state index in [-0.39, 0.29) is 30.1 Å². The van der Waals surface area contributed by atoms with Gasteiger partial charge in [-0.05, 0) is 50.4 Å². The van der Waals surface area contributed by atoms with Crippen LogP contribution in [0.5, 0.6) is 0 Å². The minimum atomic E-state index is -0.325. The molecule has 1 atom stereocenters. The van der Waals surface area contributed by atoms with Gasteiger partial charge in [0, 0.05) is 25.6 Å². The number of benzene rings is 1. The van der Waals surface area contributed by atoms with E-state index in [2.05, 4.69) is 10.2 Å². The van der Waals surface area contributed by atoms with Gasteiger partial charge in [-0.3, -0.25) is 14.5 Å². The second-order valence-electron chi connectivity index (χ2n) is 7.31. The zero-order valence-corrected chi connectivity index (χ0v) is 15.0. The SMILES string of the molecule is NC(=O)CN1CCC(C(=O)NC[C@H]2CCN(c3ccccc3F)C2)CC1. The minimum absolute atomic E-state index is 0.00296. The third-order valence-corrected chi connectivity index (χ3v) is 5.38. The first kappa shape index (κ1) is 18.6. The number of piperidine rings is 1. The van der Waals surface area contributed by atoms with Gasteiger partial charge in [-0.15, -0.1) is 0 Å². The molecule has 142 valence electrons. The molecular weight excluding hydrogens is 335 g/mol. The Morgan fingerprint density at radius 1 is 1.15 bits per heavy atom. The number of anilines is 1. The molecule has 26 heavy (non-hydrogen) atoms. The first-order chi connectivity index (χ1) is 12.5. The molecule has 0 aliphatic carbocycles. The van der Waals surface area contributed by atoms with Gasteiger partial charge < -0.3 is 16.0 Å². The van der Waals surface area contributed by atoms with Gasteiger partial charge in [0.2, 0.25) is 11.8 Å². The van der Waals surface area contributed by atoms with E-state index < -0.39 is 0 Å². The van der Waals surface area contributed by atoms with Gasteiger partial charge in [0.1, 0.15) is 5.82 Å². The molecule has 1 aromatic carbocycles. The monoisotopic (exact) mass is 362 g/mol. The van der Waals surface area contributed by atoms with Crippen molar-refractivity contribution in [3.8, 4) is 0 Å². The number of nitrogens with two attached hydrogens (primary N) is 1. The number of nitrogens with zero attached hydrogens (tertiary/aromatic N) is 2. The molecule has 2 heterocycles. The lowest BCUT2D eigenvalue weighted by molar-refractivity contribution is -0.126. The average Bonchev–Trinajstić information content (AvgIpc) is 3.09. The van der Waals surface area contributed by atoms with Crippen LogP contribution in [-0.2, 0) is 9.59 Å². The van der Waals surface area contributed by atoms with Gasteiger partial charge in [0.25, 0.3) is 0 Å². The molecule has 0 aromatic heterocycles. The Hall–Kier alpha value is -2.15. The van der Waals surface area contributed by atoms with Gasteiger partial charge >= 0.3 is 0 Å². The van der Waals surface area contributed by atoms with Gasteiger partial charge in [-0.2, -0.15) is 0 Å². The third kappa shape index (κ3) is 4.72. The standard InChI is InChI=1S/C19H27FN4O2/c20-16-3-1-2-4-17(16)24-10-5-14(12-24)11-22-19(26)15-6-8-23(9-7-15)13-18(21)25/h1-4,14-15H,5-13H2,(H2,21,25)(H,22,26)/t14-/m1/s1. The van der Waals surface area contributed by atoms with Crippen molar-refractivity contribution in [1.29, 1.82) is 0 Å². The van der Waals surface area contributed by atoms with E-state index in [0.29, 0.717) is 18.2 Å². The Morgan fingerprint density at radius 3 is 2.58 bits per heavy atom. The fraction of sp³-hybridized carbons (Fsp3) is 0.579. The zero-order valence-electron chi connectivity index (χ0n) is 15.0. The van der Waals surface area contributed by atoms with E-state index in [4.69, 9.17) is 5.73 Å². The van der Waals surface area contributed by atoms with E-state index in [1.54, 1.807) is 12.1 Å². The number of hydrogen-bond acceptors (Lipinski definition) is 4. The lowest BCUT2D eigenvalue weighted by Gasteiger charge is -2.30. The smallest absolute Gasteiger partial charge is 0.231 e. The van der Waals surface area contributed by atoms with Crippen LogP contribution in [0.3, 0.4) is 0 Å². The van der Waals surface area contributed by atoms with Crippen LogP contribution in [0.25, 0.3) is 0 Å². The van der Waals surface area contributed by atoms with Crippen LogP contribution >= 0.6 is 0 Å². The molecule has 6 nitrogen and oxygen atoms in total. The Bertz CT molecular complexity index is 646. The number of para-hydroxylation sites is 1. The predicted octanol–water partition coefficient (Wildman–Crippen LogP) is 0.965. The summed E-state index contributed by atoms with van der Waals surface area (Å²) in [7, 11) is 0. The van der Waals surface area contributed by atoms with E-state index in [1.165, 1.54) is 6.07 Å². The molecule has 3 rings (SSSR count). The number of hydrogen-bond donors (Lipinski definition) is 2. The van der Waals surface area contributed by atoms with Gasteiger partial charge in [0.05, 0.1) is 12.2 Å². The van der Waals surface area contributed by atoms with E-state index in [0.717, 1.165) is 45.4 Å². The van der Waals surface area contributed by atoms with Crippen LogP contribution in [-0.4, -0.2) is 56.0 Å². The summed E-state index contributed by atoms with van der Waals surface area (Å²) in [6.45, 7) is 3.93. The van der Waals surface area contributed by atoms with Gasteiger partial charge in [-0.1, -0.05) is 12.1 Å². The summed E-state index contributed by atoms with van der Waals surface area (Å²) >= 11 is 0. The molecule has 0 bridgehead atoms. The Labute approximate surface area is 153 Å². The maximum Gasteiger partial charge on any atom is 0.231 e. The molecule has 2 fully saturated rings. The number of amides is 2. The zero-order chi connectivity index (χ0) is 18.5. The molecule has 1 aromatic rings. The van der Waals surface area contributed by atoms with Crippen LogP contribution in [0.15, 0.2) is 24.3 Å². The first-order valence-corrected chi connectivity index (χ1v) is 9.31. The van der Waals surface area contributed by atoms with Crippen LogP contribution in [0.4, 0.5) is 10.1 Å². The van der Waals surface area contributed by atoms with Gasteiger partial charge in [-0.25, -0.2) is 4.39 Å². The molecule has 2 aliphatic rings. The number of carbonyl (C=O) groups is 2. The highest BCUT2D eigenvalue weighted by Crippen LogP contribution is 2.26. The number of rotatable bonds is 6. The van der Waals surface area contributed by atoms with Crippen LogP contribution in [0, 0.1) is 17.7 Å². The highest BCUT2D eigenvalue weighted by molar-refractivity contribution is 5.79. The molecule has 2 aliphatic heterocycles. The number of primary amides is 1. The topological polar surface area (TPSA) is 78.7 Å². The van der Waals surface area contributed by atoms with E-state index >= 15 is 0 Å². The van der Waals surface area contributed by atoms with Crippen LogP contribution in [0.1, 0.15) is 19.3 Å². The lowest BCUT2D eigenvalue weighted by atomic mass is 9.95. The highest BCUT2D eigenvalue weighted by atomic mass is 19.1. The summed E-state index contributed by atoms with van der Waals surface area (Å²) in [5.41, 5.74) is 5.85. The molecule has 0 spiro atoms. The van der Waals surface area contributed by atoms with E-state index in [1.807, 2.05) is 11.0 Å². The fourth-order valence-corrected chi connectivity index (χ4v) is 3.89. The fourth-order valence-electron chi connectivity index (χ4n) is 3.89. The summed E-state index contributed by atoms with van der Waals surface area (Å²) in [6, 6.07) is 6.82. The van der Waals surface area contributed by atoms with Gasteiger partial charge in [0.15, 0.2) is 0 Å². The highest BCUT2D eigenvalue weighted by Gasteiger charge is 2.28. The van der Waals surface area contributed by atoms with Crippen molar-refractivity contribution >= 4 is 17.5 Å². The van der Waals surface area contributed by atoms with Crippen molar-refractivity contribution < 1.29 is 14.0 Å². The molecule has 0 unspecified atom stereocenters. The Morgan fingerprint density at radius 2 is 1.88 bits per heavy atom. The van der Waals surface area contributed by atoms with Crippen LogP contribution in [0.2, 0.25) is 0 Å². The Balaban J connectivity index is 1.40. The molecule has 2 amide bonds. The summed E-state index contributed by atoms with van der Waals surface area (Å²) in [4.78, 5) is 27.4. The normalized spacial score (nSPS) is 21.7. The molecule has 2 saturated heterocycles. The lowest BCUT2D eigenvalue weighted by Crippen LogP contribution is -2.44. The molecule has 3 N–H and O–H groups in total. The largest absolute Gasteiger partial charge is 0.369 e. The maximum absolute atomic E-state index is 13.9. The van der Waals surface area contributed by atoms with Crippen molar-refractivity contribution in [2.45, 2.75) is 19.3 Å². The Kier molecular flexibility index (Phi) is 6.08. The molecule has 0 saturated carbocycles. The quantitative estimate of drug-likeness (QED) is 0.790. The second-order valence-corrected chi connectivity index (χ2v) is 7.31. The number of halogens is 1. The summed E-state index contributed by atoms with van der Waals surface area (Å²) < 4.78 is 13.9. The molecule has 7 heteroatoms. The maximum atomic E-state index is 13.9. The average molecular weight is 362 g/mol. The van der Waals surface area contributed by atoms with E-state index in [9.17, 15) is 14.0 Å². The molecular formula is C19H27FN4O2. The van der Waals surface area contributed by atoms with Crippen molar-refractivity contribution in [1.82, 2.24) is 10.2 Å². The third-order valence-electron chi connectivity index (χ3n) is 5.38. The van der Waals surface area contributed by atoms with Crippen LogP contribution < -0.4 is 16.0 Å². The summed E-state index contributed by atoms with van der Waals surface area (Å²) in [5.74, 6) is -0.0850. The van der Waals surface area contributed by atoms with Crippen molar-refractivity contribution in [2.75, 3.05) is 44.2 Å². The first-order valence-electron chi connectivity index (χ1n) is 9.31. The summed E-state index contributed by atoms with van der Waals surface area (Å²) in [6.07, 6.45) is 2.46. The summed E-state index contributed by atoms with van der Waals surface area (Å²) in [5, 5.41) is 3.07.